The number of imide groups is 2. The van der Waals surface area contributed by atoms with E-state index >= 15 is 0 Å². The van der Waals surface area contributed by atoms with Crippen LogP contribution in [0.1, 0.15) is 11.1 Å². The molecule has 0 saturated carbocycles. The number of carbonyl (C=O) groups excluding carboxylic acids is 3. The Hall–Kier alpha value is -3.12. The third-order valence-corrected chi connectivity index (χ3v) is 4.02. The Morgan fingerprint density at radius 3 is 2.58 bits per heavy atom. The summed E-state index contributed by atoms with van der Waals surface area (Å²) in [5.74, 6) is -0.981. The van der Waals surface area contributed by atoms with Crippen molar-refractivity contribution in [2.24, 2.45) is 0 Å². The summed E-state index contributed by atoms with van der Waals surface area (Å²) in [6, 6.07) is 10.9. The second-order valence-corrected chi connectivity index (χ2v) is 6.16. The molecule has 2 aromatic rings. The van der Waals surface area contributed by atoms with Crippen molar-refractivity contribution in [3.05, 3.63) is 64.2 Å². The van der Waals surface area contributed by atoms with Gasteiger partial charge in [0.25, 0.3) is 11.8 Å². The van der Waals surface area contributed by atoms with E-state index in [9.17, 15) is 14.4 Å². The molecule has 26 heavy (non-hydrogen) atoms. The number of methoxy groups -OCH3 is 1. The van der Waals surface area contributed by atoms with Gasteiger partial charge in [0, 0.05) is 5.02 Å². The lowest BCUT2D eigenvalue weighted by Gasteiger charge is -2.26. The number of benzene rings is 2. The summed E-state index contributed by atoms with van der Waals surface area (Å²) < 4.78 is 5.14. The predicted octanol–water partition coefficient (Wildman–Crippen LogP) is 3.32. The van der Waals surface area contributed by atoms with E-state index in [1.54, 1.807) is 36.4 Å². The third kappa shape index (κ3) is 3.45. The van der Waals surface area contributed by atoms with Crippen molar-refractivity contribution < 1.29 is 19.1 Å². The van der Waals surface area contributed by atoms with E-state index in [2.05, 4.69) is 5.32 Å². The highest BCUT2D eigenvalue weighted by Crippen LogP contribution is 2.25. The van der Waals surface area contributed by atoms with E-state index < -0.39 is 17.8 Å². The zero-order chi connectivity index (χ0) is 18.8. The monoisotopic (exact) mass is 370 g/mol. The lowest BCUT2D eigenvalue weighted by molar-refractivity contribution is -0.122. The van der Waals surface area contributed by atoms with Gasteiger partial charge < -0.3 is 4.74 Å². The number of carbonyl (C=O) groups is 3. The van der Waals surface area contributed by atoms with Gasteiger partial charge in [-0.1, -0.05) is 23.7 Å². The van der Waals surface area contributed by atoms with Crippen LogP contribution in [0.2, 0.25) is 5.02 Å². The van der Waals surface area contributed by atoms with E-state index in [-0.39, 0.29) is 5.57 Å². The van der Waals surface area contributed by atoms with Crippen LogP contribution in [0.25, 0.3) is 6.08 Å². The Morgan fingerprint density at radius 1 is 1.12 bits per heavy atom. The van der Waals surface area contributed by atoms with E-state index in [0.717, 1.165) is 10.5 Å². The summed E-state index contributed by atoms with van der Waals surface area (Å²) in [4.78, 5) is 38.1. The molecule has 132 valence electrons. The highest BCUT2D eigenvalue weighted by molar-refractivity contribution is 6.39. The van der Waals surface area contributed by atoms with Crippen molar-refractivity contribution in [1.82, 2.24) is 5.32 Å². The van der Waals surface area contributed by atoms with Gasteiger partial charge in [-0.05, 0) is 54.5 Å². The van der Waals surface area contributed by atoms with Gasteiger partial charge in [0.05, 0.1) is 12.8 Å². The van der Waals surface area contributed by atoms with Crippen LogP contribution in [-0.2, 0) is 9.59 Å². The first-order valence-corrected chi connectivity index (χ1v) is 8.09. The number of hydrogen-bond acceptors (Lipinski definition) is 4. The molecule has 0 atom stereocenters. The van der Waals surface area contributed by atoms with Crippen molar-refractivity contribution in [3.63, 3.8) is 0 Å². The number of hydrogen-bond donors (Lipinski definition) is 1. The molecule has 0 spiro atoms. The van der Waals surface area contributed by atoms with Gasteiger partial charge in [-0.25, -0.2) is 9.69 Å². The van der Waals surface area contributed by atoms with Crippen molar-refractivity contribution >= 4 is 41.2 Å². The Bertz CT molecular complexity index is 952. The molecule has 0 bridgehead atoms. The Morgan fingerprint density at radius 2 is 1.88 bits per heavy atom. The van der Waals surface area contributed by atoms with Gasteiger partial charge in [-0.15, -0.1) is 0 Å². The third-order valence-electron chi connectivity index (χ3n) is 3.80. The number of rotatable bonds is 3. The highest BCUT2D eigenvalue weighted by atomic mass is 35.5. The van der Waals surface area contributed by atoms with Crippen molar-refractivity contribution in [1.29, 1.82) is 0 Å². The van der Waals surface area contributed by atoms with Crippen LogP contribution in [0.4, 0.5) is 10.5 Å². The maximum Gasteiger partial charge on any atom is 0.335 e. The first-order valence-electron chi connectivity index (χ1n) is 7.72. The molecule has 1 aliphatic rings. The largest absolute Gasteiger partial charge is 0.497 e. The molecule has 1 heterocycles. The second-order valence-electron chi connectivity index (χ2n) is 5.72. The number of urea groups is 1. The summed E-state index contributed by atoms with van der Waals surface area (Å²) >= 11 is 6.03. The fraction of sp³-hybridized carbons (Fsp3) is 0.105. The summed E-state index contributed by atoms with van der Waals surface area (Å²) in [6.45, 7) is 1.84. The first kappa shape index (κ1) is 17.7. The van der Waals surface area contributed by atoms with E-state index in [1.807, 2.05) is 13.0 Å². The van der Waals surface area contributed by atoms with Gasteiger partial charge in [0.2, 0.25) is 0 Å². The van der Waals surface area contributed by atoms with Crippen LogP contribution in [0.3, 0.4) is 0 Å². The normalized spacial score (nSPS) is 16.0. The van der Waals surface area contributed by atoms with Crippen LogP contribution in [-0.4, -0.2) is 25.0 Å². The smallest absolute Gasteiger partial charge is 0.335 e. The van der Waals surface area contributed by atoms with E-state index in [1.165, 1.54) is 13.2 Å². The zero-order valence-corrected chi connectivity index (χ0v) is 14.8. The molecule has 3 rings (SSSR count). The molecule has 0 radical (unpaired) electrons. The Kier molecular flexibility index (Phi) is 4.77. The number of aryl methyl sites for hydroxylation is 1. The van der Waals surface area contributed by atoms with Crippen LogP contribution in [0.5, 0.6) is 5.75 Å². The molecule has 6 nitrogen and oxygen atoms in total. The fourth-order valence-corrected chi connectivity index (χ4v) is 2.84. The Labute approximate surface area is 155 Å². The SMILES string of the molecule is COc1cc(Cl)cc(/C=C2\C(=O)NC(=O)N(c3cccc(C)c3)C2=O)c1. The lowest BCUT2D eigenvalue weighted by atomic mass is 10.1. The molecule has 7 heteroatoms. The van der Waals surface area contributed by atoms with Crippen LogP contribution in [0, 0.1) is 6.92 Å². The quantitative estimate of drug-likeness (QED) is 0.664. The molecule has 1 N–H and O–H groups in total. The fourth-order valence-electron chi connectivity index (χ4n) is 2.61. The molecule has 2 aromatic carbocycles. The standard InChI is InChI=1S/C19H15ClN2O4/c1-11-4-3-5-14(6-11)22-18(24)16(17(23)21-19(22)25)9-12-7-13(20)10-15(8-12)26-2/h3-10H,1-2H3,(H,21,23,25)/b16-9+. The van der Waals surface area contributed by atoms with Crippen LogP contribution in [0.15, 0.2) is 48.0 Å². The topological polar surface area (TPSA) is 75.7 Å². The highest BCUT2D eigenvalue weighted by Gasteiger charge is 2.36. The number of ether oxygens (including phenoxy) is 1. The average molecular weight is 371 g/mol. The summed E-state index contributed by atoms with van der Waals surface area (Å²) in [7, 11) is 1.49. The van der Waals surface area contributed by atoms with Crippen molar-refractivity contribution in [2.75, 3.05) is 12.0 Å². The second kappa shape index (κ2) is 7.01. The molecule has 0 aliphatic carbocycles. The number of anilines is 1. The maximum atomic E-state index is 12.8. The molecular weight excluding hydrogens is 356 g/mol. The van der Waals surface area contributed by atoms with Gasteiger partial charge in [-0.3, -0.25) is 14.9 Å². The van der Waals surface area contributed by atoms with Gasteiger partial charge in [0.1, 0.15) is 11.3 Å². The lowest BCUT2D eigenvalue weighted by Crippen LogP contribution is -2.54. The van der Waals surface area contributed by atoms with E-state index in [0.29, 0.717) is 22.0 Å². The minimum atomic E-state index is -0.786. The maximum absolute atomic E-state index is 12.8. The molecular formula is C19H15ClN2O4. The molecule has 0 unspecified atom stereocenters. The van der Waals surface area contributed by atoms with E-state index in [4.69, 9.17) is 16.3 Å². The average Bonchev–Trinajstić information content (AvgIpc) is 2.58. The van der Waals surface area contributed by atoms with Gasteiger partial charge >= 0.3 is 6.03 Å². The summed E-state index contributed by atoms with van der Waals surface area (Å²) in [5, 5.41) is 2.58. The summed E-state index contributed by atoms with van der Waals surface area (Å²) in [6.07, 6.45) is 1.38. The zero-order valence-electron chi connectivity index (χ0n) is 14.1. The van der Waals surface area contributed by atoms with Crippen molar-refractivity contribution in [3.8, 4) is 5.75 Å². The molecule has 0 aromatic heterocycles. The molecule has 1 fully saturated rings. The minimum Gasteiger partial charge on any atom is -0.497 e. The van der Waals surface area contributed by atoms with Gasteiger partial charge in [0.15, 0.2) is 0 Å². The molecule has 1 aliphatic heterocycles. The number of barbiturate groups is 1. The summed E-state index contributed by atoms with van der Waals surface area (Å²) in [5.41, 5.74) is 1.60. The van der Waals surface area contributed by atoms with Crippen LogP contribution >= 0.6 is 11.6 Å². The molecule has 1 saturated heterocycles. The number of halogens is 1. The number of nitrogens with zero attached hydrogens (tertiary/aromatic N) is 1. The molecule has 4 amide bonds. The predicted molar refractivity (Wildman–Crippen MR) is 98.2 cm³/mol. The number of amides is 4. The minimum absolute atomic E-state index is 0.171. The van der Waals surface area contributed by atoms with Crippen LogP contribution < -0.4 is 15.0 Å². The first-order chi connectivity index (χ1) is 12.4. The van der Waals surface area contributed by atoms with Gasteiger partial charge in [-0.2, -0.15) is 0 Å². The van der Waals surface area contributed by atoms with Crippen molar-refractivity contribution in [2.45, 2.75) is 6.92 Å². The number of nitrogens with one attached hydrogen (secondary N) is 1. The Balaban J connectivity index is 2.04.